The molecule has 0 spiro atoms. The number of carbonyl (C=O) groups excluding carboxylic acids is 1. The minimum Gasteiger partial charge on any atom is -0.486 e. The average molecular weight is 487 g/mol. The minimum absolute atomic E-state index is 0.0304. The molecular weight excluding hydrogens is 452 g/mol. The van der Waals surface area contributed by atoms with Gasteiger partial charge in [0.2, 0.25) is 15.9 Å². The summed E-state index contributed by atoms with van der Waals surface area (Å²) in [6.07, 6.45) is 1.00. The Kier molecular flexibility index (Phi) is 7.19. The van der Waals surface area contributed by atoms with Crippen LogP contribution in [0.5, 0.6) is 11.5 Å². The number of nitrogens with zero attached hydrogens (tertiary/aromatic N) is 1. The van der Waals surface area contributed by atoms with Gasteiger partial charge in [-0.05, 0) is 61.9 Å². The van der Waals surface area contributed by atoms with E-state index in [9.17, 15) is 13.2 Å². The molecule has 2 aliphatic heterocycles. The monoisotopic (exact) mass is 486 g/mol. The van der Waals surface area contributed by atoms with Gasteiger partial charge in [-0.1, -0.05) is 37.6 Å². The number of amides is 1. The standard InChI is InChI=1S/C26H34N2O5S/c1-17(2)25(21-6-7-22-23(16-21)33-14-13-32-22)27-26(29)20-9-11-28(12-10-20)34(30,31)24-8-5-18(3)15-19(24)4/h5-8,15-17,20,25H,9-14H2,1-4H3,(H,27,29)/t25-/m1/s1. The zero-order chi connectivity index (χ0) is 24.5. The number of piperidine rings is 1. The average Bonchev–Trinajstić information content (AvgIpc) is 2.81. The molecule has 184 valence electrons. The normalized spacial score (nSPS) is 18.0. The molecule has 0 unspecified atom stereocenters. The number of hydrogen-bond acceptors (Lipinski definition) is 5. The number of ether oxygens (including phenoxy) is 2. The Morgan fingerprint density at radius 3 is 2.32 bits per heavy atom. The summed E-state index contributed by atoms with van der Waals surface area (Å²) in [6, 6.07) is 11.0. The van der Waals surface area contributed by atoms with E-state index < -0.39 is 10.0 Å². The Balaban J connectivity index is 1.41. The molecule has 1 atom stereocenters. The van der Waals surface area contributed by atoms with Gasteiger partial charge in [-0.15, -0.1) is 0 Å². The van der Waals surface area contributed by atoms with Gasteiger partial charge in [-0.25, -0.2) is 8.42 Å². The van der Waals surface area contributed by atoms with E-state index in [-0.39, 0.29) is 23.8 Å². The van der Waals surface area contributed by atoms with Gasteiger partial charge >= 0.3 is 0 Å². The predicted molar refractivity (Wildman–Crippen MR) is 131 cm³/mol. The van der Waals surface area contributed by atoms with Crippen LogP contribution >= 0.6 is 0 Å². The first-order chi connectivity index (χ1) is 16.2. The lowest BCUT2D eigenvalue weighted by Crippen LogP contribution is -2.44. The van der Waals surface area contributed by atoms with Crippen LogP contribution in [-0.2, 0) is 14.8 Å². The molecule has 4 rings (SSSR count). The van der Waals surface area contributed by atoms with E-state index >= 15 is 0 Å². The van der Waals surface area contributed by atoms with Crippen LogP contribution < -0.4 is 14.8 Å². The number of nitrogens with one attached hydrogen (secondary N) is 1. The summed E-state index contributed by atoms with van der Waals surface area (Å²) >= 11 is 0. The zero-order valence-electron chi connectivity index (χ0n) is 20.3. The fourth-order valence-electron chi connectivity index (χ4n) is 4.75. The van der Waals surface area contributed by atoms with E-state index in [1.807, 2.05) is 44.2 Å². The van der Waals surface area contributed by atoms with Crippen LogP contribution in [-0.4, -0.2) is 44.9 Å². The summed E-state index contributed by atoms with van der Waals surface area (Å²) in [5.41, 5.74) is 2.76. The fraction of sp³-hybridized carbons (Fsp3) is 0.500. The third kappa shape index (κ3) is 5.08. The third-order valence-electron chi connectivity index (χ3n) is 6.66. The molecule has 7 nitrogen and oxygen atoms in total. The highest BCUT2D eigenvalue weighted by atomic mass is 32.2. The largest absolute Gasteiger partial charge is 0.486 e. The lowest BCUT2D eigenvalue weighted by molar-refractivity contribution is -0.127. The van der Waals surface area contributed by atoms with Gasteiger partial charge in [0.15, 0.2) is 11.5 Å². The summed E-state index contributed by atoms with van der Waals surface area (Å²) in [4.78, 5) is 13.5. The SMILES string of the molecule is Cc1ccc(S(=O)(=O)N2CCC(C(=O)N[C@@H](c3ccc4c(c3)OCCO4)C(C)C)CC2)c(C)c1. The molecule has 0 radical (unpaired) electrons. The molecule has 2 heterocycles. The molecule has 1 N–H and O–H groups in total. The summed E-state index contributed by atoms with van der Waals surface area (Å²) in [5.74, 6) is 1.35. The van der Waals surface area contributed by atoms with Crippen molar-refractivity contribution in [3.05, 3.63) is 53.1 Å². The van der Waals surface area contributed by atoms with E-state index in [1.165, 1.54) is 4.31 Å². The highest BCUT2D eigenvalue weighted by molar-refractivity contribution is 7.89. The number of aryl methyl sites for hydroxylation is 2. The second-order valence-electron chi connectivity index (χ2n) is 9.58. The van der Waals surface area contributed by atoms with Crippen molar-refractivity contribution in [1.82, 2.24) is 9.62 Å². The Morgan fingerprint density at radius 1 is 1.00 bits per heavy atom. The number of sulfonamides is 1. The molecule has 2 aromatic rings. The van der Waals surface area contributed by atoms with E-state index in [1.54, 1.807) is 6.07 Å². The van der Waals surface area contributed by atoms with Crippen molar-refractivity contribution in [2.75, 3.05) is 26.3 Å². The van der Waals surface area contributed by atoms with Gasteiger partial charge in [0.05, 0.1) is 10.9 Å². The van der Waals surface area contributed by atoms with Crippen molar-refractivity contribution >= 4 is 15.9 Å². The van der Waals surface area contributed by atoms with Crippen LogP contribution in [0, 0.1) is 25.7 Å². The van der Waals surface area contributed by atoms with E-state index in [0.717, 1.165) is 22.4 Å². The molecule has 34 heavy (non-hydrogen) atoms. The van der Waals surface area contributed by atoms with Crippen molar-refractivity contribution in [3.8, 4) is 11.5 Å². The molecule has 0 bridgehead atoms. The number of hydrogen-bond donors (Lipinski definition) is 1. The quantitative estimate of drug-likeness (QED) is 0.667. The van der Waals surface area contributed by atoms with E-state index in [2.05, 4.69) is 19.2 Å². The van der Waals surface area contributed by atoms with Crippen LogP contribution in [0.3, 0.4) is 0 Å². The Bertz CT molecular complexity index is 1150. The molecule has 0 aromatic heterocycles. The summed E-state index contributed by atoms with van der Waals surface area (Å²) in [7, 11) is -3.57. The van der Waals surface area contributed by atoms with Crippen molar-refractivity contribution in [3.63, 3.8) is 0 Å². The van der Waals surface area contributed by atoms with Crippen LogP contribution in [0.25, 0.3) is 0 Å². The molecule has 8 heteroatoms. The zero-order valence-corrected chi connectivity index (χ0v) is 21.2. The van der Waals surface area contributed by atoms with Gasteiger partial charge in [-0.3, -0.25) is 4.79 Å². The lowest BCUT2D eigenvalue weighted by atomic mass is 9.92. The Labute approximate surface area is 202 Å². The second-order valence-corrected chi connectivity index (χ2v) is 11.5. The maximum absolute atomic E-state index is 13.2. The first-order valence-corrected chi connectivity index (χ1v) is 13.4. The predicted octanol–water partition coefficient (Wildman–Crippen LogP) is 3.99. The molecule has 0 saturated carbocycles. The van der Waals surface area contributed by atoms with E-state index in [0.29, 0.717) is 49.8 Å². The maximum atomic E-state index is 13.2. The molecule has 1 saturated heterocycles. The van der Waals surface area contributed by atoms with Crippen molar-refractivity contribution < 1.29 is 22.7 Å². The molecule has 1 fully saturated rings. The fourth-order valence-corrected chi connectivity index (χ4v) is 6.42. The second kappa shape index (κ2) is 9.96. The first kappa shape index (κ1) is 24.5. The maximum Gasteiger partial charge on any atom is 0.243 e. The molecule has 2 aromatic carbocycles. The summed E-state index contributed by atoms with van der Waals surface area (Å²) in [5, 5.41) is 3.21. The minimum atomic E-state index is -3.57. The Hall–Kier alpha value is -2.58. The summed E-state index contributed by atoms with van der Waals surface area (Å²) < 4.78 is 39.2. The Morgan fingerprint density at radius 2 is 1.68 bits per heavy atom. The van der Waals surface area contributed by atoms with Gasteiger partial charge in [0, 0.05) is 19.0 Å². The highest BCUT2D eigenvalue weighted by Crippen LogP contribution is 2.35. The van der Waals surface area contributed by atoms with Crippen LogP contribution in [0.2, 0.25) is 0 Å². The van der Waals surface area contributed by atoms with Crippen LogP contribution in [0.1, 0.15) is 49.4 Å². The third-order valence-corrected chi connectivity index (χ3v) is 8.72. The lowest BCUT2D eigenvalue weighted by Gasteiger charge is -2.32. The molecule has 2 aliphatic rings. The van der Waals surface area contributed by atoms with E-state index in [4.69, 9.17) is 9.47 Å². The van der Waals surface area contributed by atoms with Gasteiger partial charge in [-0.2, -0.15) is 4.31 Å². The smallest absolute Gasteiger partial charge is 0.243 e. The number of rotatable bonds is 6. The van der Waals surface area contributed by atoms with Crippen molar-refractivity contribution in [1.29, 1.82) is 0 Å². The van der Waals surface area contributed by atoms with Crippen molar-refractivity contribution in [2.45, 2.75) is 51.5 Å². The molecular formula is C26H34N2O5S. The van der Waals surface area contributed by atoms with Gasteiger partial charge in [0.25, 0.3) is 0 Å². The number of benzene rings is 2. The molecule has 1 amide bonds. The number of fused-ring (bicyclic) bond motifs is 1. The van der Waals surface area contributed by atoms with Crippen LogP contribution in [0.15, 0.2) is 41.3 Å². The first-order valence-electron chi connectivity index (χ1n) is 11.9. The van der Waals surface area contributed by atoms with Gasteiger partial charge < -0.3 is 14.8 Å². The topological polar surface area (TPSA) is 84.9 Å². The highest BCUT2D eigenvalue weighted by Gasteiger charge is 2.34. The van der Waals surface area contributed by atoms with Crippen molar-refractivity contribution in [2.24, 2.45) is 11.8 Å². The summed E-state index contributed by atoms with van der Waals surface area (Å²) in [6.45, 7) is 9.64. The molecule has 0 aliphatic carbocycles. The van der Waals surface area contributed by atoms with Crippen LogP contribution in [0.4, 0.5) is 0 Å². The van der Waals surface area contributed by atoms with Gasteiger partial charge in [0.1, 0.15) is 13.2 Å². The number of carbonyl (C=O) groups is 1.